The van der Waals surface area contributed by atoms with Gasteiger partial charge in [-0.05, 0) is 77.0 Å². The van der Waals surface area contributed by atoms with E-state index in [0.29, 0.717) is 103 Å². The molecule has 4 saturated heterocycles. The summed E-state index contributed by atoms with van der Waals surface area (Å²) >= 11 is 0. The third-order valence-corrected chi connectivity index (χ3v) is 20.2. The predicted octanol–water partition coefficient (Wildman–Crippen LogP) is -2.18. The van der Waals surface area contributed by atoms with E-state index < -0.39 is 123 Å². The van der Waals surface area contributed by atoms with Crippen LogP contribution < -0.4 is 37.2 Å². The molecular weight excluding hydrogens is 1460 g/mol. The minimum Gasteiger partial charge on any atom is -0.394 e. The highest BCUT2D eigenvalue weighted by atomic mass is 16.7. The number of hydrogen-bond acceptors (Lipinski definition) is 28. The third-order valence-electron chi connectivity index (χ3n) is 20.2. The van der Waals surface area contributed by atoms with Gasteiger partial charge < -0.3 is 141 Å². The van der Waals surface area contributed by atoms with Gasteiger partial charge in [-0.25, -0.2) is 0 Å². The van der Waals surface area contributed by atoms with Crippen LogP contribution >= 0.6 is 0 Å². The number of carbonyl (C=O) groups excluding carboxylic acids is 8. The molecule has 4 heterocycles. The van der Waals surface area contributed by atoms with Gasteiger partial charge in [0.1, 0.15) is 42.2 Å². The minimum absolute atomic E-state index is 0. The SMILES string of the molecule is CC1C(OCCCCC(=O)NCCCNC(=O)CCOCC(COCCC(=O)NCCCNC(=O)CCCCOC2OC(CO)C(O)C(O)C2C)(COCCC(=O)NCCCNC(=O)CCCCOC2OC(CO)C(O)C(O)C2C)NC(=O)CCCCCCCCCCC(=O)N2C[C@H](O)C[C@H]2CO)OC(CO)C(O)C1O.[HH]. The second-order valence-electron chi connectivity index (χ2n) is 29.7. The van der Waals surface area contributed by atoms with E-state index in [1.807, 2.05) is 0 Å². The van der Waals surface area contributed by atoms with Crippen LogP contribution in [0.25, 0.3) is 0 Å². The lowest BCUT2D eigenvalue weighted by molar-refractivity contribution is -0.282. The average molecular weight is 1600 g/mol. The average Bonchev–Trinajstić information content (AvgIpc) is 1.19. The Labute approximate surface area is 654 Å². The van der Waals surface area contributed by atoms with Crippen LogP contribution in [0.5, 0.6) is 0 Å². The molecule has 36 nitrogen and oxygen atoms in total. The van der Waals surface area contributed by atoms with Crippen molar-refractivity contribution >= 4 is 47.3 Å². The van der Waals surface area contributed by atoms with Crippen molar-refractivity contribution in [3.8, 4) is 0 Å². The Balaban J connectivity index is 0.0000325. The molecule has 111 heavy (non-hydrogen) atoms. The largest absolute Gasteiger partial charge is 0.394 e. The molecule has 0 radical (unpaired) electrons. The van der Waals surface area contributed by atoms with Crippen LogP contribution in [0.4, 0.5) is 0 Å². The van der Waals surface area contributed by atoms with E-state index in [-0.39, 0.29) is 192 Å². The van der Waals surface area contributed by atoms with E-state index >= 15 is 0 Å². The highest BCUT2D eigenvalue weighted by Crippen LogP contribution is 2.30. The summed E-state index contributed by atoms with van der Waals surface area (Å²) in [5.74, 6) is -3.61. The van der Waals surface area contributed by atoms with E-state index in [2.05, 4.69) is 37.2 Å². The zero-order valence-electron chi connectivity index (χ0n) is 65.6. The predicted molar refractivity (Wildman–Crippen MR) is 401 cm³/mol. The Morgan fingerprint density at radius 2 is 0.649 bits per heavy atom. The van der Waals surface area contributed by atoms with Gasteiger partial charge in [-0.1, -0.05) is 59.3 Å². The summed E-state index contributed by atoms with van der Waals surface area (Å²) in [5.41, 5.74) is -1.39. The van der Waals surface area contributed by atoms with Gasteiger partial charge in [-0.15, -0.1) is 0 Å². The van der Waals surface area contributed by atoms with Crippen molar-refractivity contribution in [1.82, 2.24) is 42.1 Å². The summed E-state index contributed by atoms with van der Waals surface area (Å²) in [6, 6.07) is -0.351. The molecule has 0 spiro atoms. The zero-order valence-corrected chi connectivity index (χ0v) is 65.6. The van der Waals surface area contributed by atoms with Crippen LogP contribution in [0.1, 0.15) is 189 Å². The van der Waals surface area contributed by atoms with E-state index in [1.165, 1.54) is 0 Å². The van der Waals surface area contributed by atoms with E-state index in [1.54, 1.807) is 25.7 Å². The number of ether oxygens (including phenoxy) is 9. The number of hydrogen-bond donors (Lipinski definition) is 18. The normalized spacial score (nSPS) is 26.5. The van der Waals surface area contributed by atoms with Crippen molar-refractivity contribution in [1.29, 1.82) is 0 Å². The molecule has 4 aliphatic heterocycles. The number of nitrogens with zero attached hydrogens (tertiary/aromatic N) is 1. The Morgan fingerprint density at radius 1 is 0.360 bits per heavy atom. The van der Waals surface area contributed by atoms with Crippen molar-refractivity contribution in [3.63, 3.8) is 0 Å². The number of β-amino-alcohol motifs (C(OH)–C–C–N with tert-alkyl or cyclic N) is 1. The molecule has 8 amide bonds. The van der Waals surface area contributed by atoms with Crippen molar-refractivity contribution in [3.05, 3.63) is 0 Å². The lowest BCUT2D eigenvalue weighted by atomic mass is 9.92. The molecule has 17 atom stereocenters. The van der Waals surface area contributed by atoms with Gasteiger partial charge in [0.15, 0.2) is 18.9 Å². The lowest BCUT2D eigenvalue weighted by Gasteiger charge is -2.40. The van der Waals surface area contributed by atoms with Gasteiger partial charge >= 0.3 is 0 Å². The fourth-order valence-corrected chi connectivity index (χ4v) is 13.2. The van der Waals surface area contributed by atoms with Crippen molar-refractivity contribution < 1.29 is 139 Å². The van der Waals surface area contributed by atoms with Crippen molar-refractivity contribution in [2.24, 2.45) is 17.8 Å². The Morgan fingerprint density at radius 3 is 0.964 bits per heavy atom. The van der Waals surface area contributed by atoms with Crippen molar-refractivity contribution in [2.45, 2.75) is 279 Å². The minimum atomic E-state index is -1.39. The smallest absolute Gasteiger partial charge is 0.222 e. The first-order chi connectivity index (χ1) is 53.4. The molecule has 4 rings (SSSR count). The van der Waals surface area contributed by atoms with E-state index in [0.717, 1.165) is 38.5 Å². The highest BCUT2D eigenvalue weighted by Gasteiger charge is 2.45. The zero-order chi connectivity index (χ0) is 81.4. The molecule has 4 aliphatic rings. The number of carbonyl (C=O) groups is 8. The molecule has 36 heteroatoms. The van der Waals surface area contributed by atoms with Crippen LogP contribution in [-0.4, -0.2) is 332 Å². The number of unbranched alkanes of at least 4 members (excludes halogenated alkanes) is 10. The van der Waals surface area contributed by atoms with E-state index in [9.17, 15) is 94.5 Å². The van der Waals surface area contributed by atoms with Crippen LogP contribution in [-0.2, 0) is 81.0 Å². The van der Waals surface area contributed by atoms with Gasteiger partial charge in [0, 0.05) is 136 Å². The summed E-state index contributed by atoms with van der Waals surface area (Å²) in [4.78, 5) is 105. The van der Waals surface area contributed by atoms with Gasteiger partial charge in [0.25, 0.3) is 0 Å². The fraction of sp³-hybridized carbons (Fsp3) is 0.893. The number of amides is 8. The second kappa shape index (κ2) is 57.1. The summed E-state index contributed by atoms with van der Waals surface area (Å²) in [6.45, 7) is 5.00. The standard InChI is InChI=1S/C75H136N8O28.H2/c1-50-66(97)69(100)55(44-85)109-72(50)106-35-15-12-21-58(89)76-29-18-32-79-61(92)26-38-103-47-75(82-64(95)24-10-8-6-4-5-7-9-11-25-65(96)83-42-54(88)41-53(83)43-84,48-104-39-27-62(93)80-33-19-30-77-59(90)22-13-16-36-107-73-51(2)67(98)70(101)56(45-86)110-73)49-105-40-28-63(94)81-34-20-31-78-60(91)23-14-17-37-108-74-52(3)68(99)71(102)57(46-87)111-74;/h50-57,66-74,84-88,97-102H,4-49H2,1-3H3,(H,76,89)(H,77,90)(H,78,91)(H,79,92)(H,80,93)(H,81,94)(H,82,95);1H/t50?,51?,52?,53-,54+,55?,56?,57?,66?,67?,68?,69?,70?,71?,72?,73?,74?,75?;/m0./s1. The first kappa shape index (κ1) is 98.3. The summed E-state index contributed by atoms with van der Waals surface area (Å²) in [7, 11) is 0. The summed E-state index contributed by atoms with van der Waals surface area (Å²) in [6.07, 6.45) is -1.05. The summed E-state index contributed by atoms with van der Waals surface area (Å²) < 4.78 is 52.3. The Bertz CT molecular complexity index is 2400. The number of aliphatic hydroxyl groups excluding tert-OH is 11. The third kappa shape index (κ3) is 39.0. The number of rotatable bonds is 61. The van der Waals surface area contributed by atoms with Crippen molar-refractivity contribution in [2.75, 3.05) is 132 Å². The van der Waals surface area contributed by atoms with E-state index in [4.69, 9.17) is 42.6 Å². The monoisotopic (exact) mass is 1600 g/mol. The van der Waals surface area contributed by atoms with Crippen LogP contribution in [0.3, 0.4) is 0 Å². The Kier molecular flexibility index (Phi) is 50.6. The topological polar surface area (TPSA) is 530 Å². The fourth-order valence-electron chi connectivity index (χ4n) is 13.2. The second-order valence-corrected chi connectivity index (χ2v) is 29.7. The molecule has 15 unspecified atom stereocenters. The molecular formula is C75H138N8O28. The number of nitrogens with one attached hydrogen (secondary N) is 7. The molecule has 0 bridgehead atoms. The number of likely N-dealkylation sites (tertiary alicyclic amines) is 1. The maximum absolute atomic E-state index is 14.0. The number of aliphatic hydroxyl groups is 11. The van der Waals surface area contributed by atoms with Gasteiger partial charge in [-0.3, -0.25) is 38.4 Å². The first-order valence-electron chi connectivity index (χ1n) is 40.3. The van der Waals surface area contributed by atoms with Crippen LogP contribution in [0.15, 0.2) is 0 Å². The molecule has 0 aromatic carbocycles. The maximum Gasteiger partial charge on any atom is 0.222 e. The molecule has 0 saturated carbocycles. The van der Waals surface area contributed by atoms with Gasteiger partial charge in [0.2, 0.25) is 47.3 Å². The Hall–Kier alpha value is -5.04. The van der Waals surface area contributed by atoms with Gasteiger partial charge in [0.05, 0.1) is 96.5 Å². The molecule has 18 N–H and O–H groups in total. The van der Waals surface area contributed by atoms with Gasteiger partial charge in [-0.2, -0.15) is 0 Å². The molecule has 4 fully saturated rings. The quantitative estimate of drug-likeness (QED) is 0.0288. The molecule has 0 aromatic rings. The molecule has 0 aromatic heterocycles. The van der Waals surface area contributed by atoms with Crippen LogP contribution in [0.2, 0.25) is 0 Å². The first-order valence-corrected chi connectivity index (χ1v) is 40.3. The highest BCUT2D eigenvalue weighted by molar-refractivity contribution is 5.79. The lowest BCUT2D eigenvalue weighted by Crippen LogP contribution is -2.58. The molecule has 646 valence electrons. The summed E-state index contributed by atoms with van der Waals surface area (Å²) in [5, 5.41) is 129. The van der Waals surface area contributed by atoms with Crippen LogP contribution in [0, 0.1) is 17.8 Å². The maximum atomic E-state index is 14.0. The molecule has 0 aliphatic carbocycles.